The molecule has 0 saturated carbocycles. The third-order valence-corrected chi connectivity index (χ3v) is 7.25. The SMILES string of the molecule is CCOc1nc2cccc(C(=O)OCc3oc(=O)oc3C)c2n1Cc1ccc(-c2ccccc2/C(=N/O)NC(=O)n2ccnc2)cc1. The van der Waals surface area contributed by atoms with Crippen LogP contribution in [0, 0.1) is 6.92 Å². The summed E-state index contributed by atoms with van der Waals surface area (Å²) in [6.07, 6.45) is 4.28. The molecule has 6 rings (SSSR count). The zero-order valence-electron chi connectivity index (χ0n) is 25.2. The Morgan fingerprint density at radius 3 is 2.51 bits per heavy atom. The molecule has 0 bridgehead atoms. The van der Waals surface area contributed by atoms with E-state index in [1.54, 1.807) is 41.8 Å². The number of imidazole rings is 2. The summed E-state index contributed by atoms with van der Waals surface area (Å²) >= 11 is 0. The maximum Gasteiger partial charge on any atom is 0.519 e. The second-order valence-electron chi connectivity index (χ2n) is 10.2. The van der Waals surface area contributed by atoms with E-state index in [1.165, 1.54) is 23.3 Å². The van der Waals surface area contributed by atoms with E-state index in [4.69, 9.17) is 18.3 Å². The van der Waals surface area contributed by atoms with Crippen molar-refractivity contribution in [3.63, 3.8) is 0 Å². The maximum absolute atomic E-state index is 13.3. The lowest BCUT2D eigenvalue weighted by atomic mass is 9.98. The van der Waals surface area contributed by atoms with Crippen LogP contribution in [0.2, 0.25) is 0 Å². The molecule has 1 amide bonds. The molecule has 0 saturated heterocycles. The molecular weight excluding hydrogens is 608 g/mol. The van der Waals surface area contributed by atoms with E-state index in [2.05, 4.69) is 20.4 Å². The van der Waals surface area contributed by atoms with Crippen LogP contribution in [0.25, 0.3) is 22.2 Å². The minimum Gasteiger partial charge on any atom is -0.465 e. The first-order valence-electron chi connectivity index (χ1n) is 14.4. The van der Waals surface area contributed by atoms with Gasteiger partial charge in [0, 0.05) is 18.0 Å². The number of hydrogen-bond donors (Lipinski definition) is 2. The lowest BCUT2D eigenvalue weighted by molar-refractivity contribution is 0.0444. The van der Waals surface area contributed by atoms with Crippen LogP contribution in [0.5, 0.6) is 6.01 Å². The summed E-state index contributed by atoms with van der Waals surface area (Å²) in [6.45, 7) is 3.76. The van der Waals surface area contributed by atoms with Gasteiger partial charge in [0.15, 0.2) is 24.0 Å². The Bertz CT molecular complexity index is 2140. The number of rotatable bonds is 9. The third-order valence-electron chi connectivity index (χ3n) is 7.25. The number of para-hydroxylation sites is 1. The average Bonchev–Trinajstić information content (AvgIpc) is 3.82. The van der Waals surface area contributed by atoms with Crippen molar-refractivity contribution in [2.24, 2.45) is 5.16 Å². The Morgan fingerprint density at radius 2 is 1.81 bits per heavy atom. The number of aryl methyl sites for hydroxylation is 1. The molecule has 14 nitrogen and oxygen atoms in total. The first kappa shape index (κ1) is 30.6. The van der Waals surface area contributed by atoms with Crippen LogP contribution in [-0.2, 0) is 17.9 Å². The fourth-order valence-corrected chi connectivity index (χ4v) is 5.04. The highest BCUT2D eigenvalue weighted by molar-refractivity contribution is 6.11. The van der Waals surface area contributed by atoms with Gasteiger partial charge in [-0.2, -0.15) is 4.98 Å². The number of aromatic nitrogens is 4. The molecular formula is C33H28N6O8. The molecule has 238 valence electrons. The zero-order valence-corrected chi connectivity index (χ0v) is 25.2. The number of amides is 1. The third kappa shape index (κ3) is 6.38. The molecule has 14 heteroatoms. The second-order valence-corrected chi connectivity index (χ2v) is 10.2. The van der Waals surface area contributed by atoms with Crippen molar-refractivity contribution in [3.8, 4) is 17.1 Å². The van der Waals surface area contributed by atoms with Gasteiger partial charge in [-0.1, -0.05) is 59.8 Å². The Morgan fingerprint density at radius 1 is 1.02 bits per heavy atom. The van der Waals surface area contributed by atoms with Gasteiger partial charge in [-0.05, 0) is 42.7 Å². The van der Waals surface area contributed by atoms with Gasteiger partial charge in [-0.25, -0.2) is 19.4 Å². The van der Waals surface area contributed by atoms with E-state index in [0.29, 0.717) is 35.8 Å². The number of nitrogens with zero attached hydrogens (tertiary/aromatic N) is 5. The van der Waals surface area contributed by atoms with E-state index in [9.17, 15) is 19.6 Å². The molecule has 0 aliphatic heterocycles. The van der Waals surface area contributed by atoms with E-state index >= 15 is 0 Å². The van der Waals surface area contributed by atoms with Crippen LogP contribution in [0.3, 0.4) is 0 Å². The number of esters is 1. The van der Waals surface area contributed by atoms with Gasteiger partial charge in [0.1, 0.15) is 6.33 Å². The average molecular weight is 637 g/mol. The first-order chi connectivity index (χ1) is 22.9. The molecule has 0 aliphatic rings. The first-order valence-corrected chi connectivity index (χ1v) is 14.4. The minimum absolute atomic E-state index is 0.0286. The zero-order chi connectivity index (χ0) is 32.9. The molecule has 0 atom stereocenters. The lowest BCUT2D eigenvalue weighted by Crippen LogP contribution is -2.34. The van der Waals surface area contributed by atoms with Crippen LogP contribution in [0.1, 0.15) is 39.9 Å². The maximum atomic E-state index is 13.3. The van der Waals surface area contributed by atoms with Crippen molar-refractivity contribution in [3.05, 3.63) is 124 Å². The highest BCUT2D eigenvalue weighted by Gasteiger charge is 2.22. The van der Waals surface area contributed by atoms with Crippen LogP contribution in [0.15, 0.2) is 104 Å². The summed E-state index contributed by atoms with van der Waals surface area (Å²) in [4.78, 5) is 45.7. The van der Waals surface area contributed by atoms with Crippen molar-refractivity contribution in [2.75, 3.05) is 6.61 Å². The molecule has 3 aromatic carbocycles. The molecule has 0 aliphatic carbocycles. The van der Waals surface area contributed by atoms with Crippen molar-refractivity contribution in [1.29, 1.82) is 0 Å². The van der Waals surface area contributed by atoms with Gasteiger partial charge in [0.05, 0.1) is 29.7 Å². The lowest BCUT2D eigenvalue weighted by Gasteiger charge is -2.14. The number of nitrogens with one attached hydrogen (secondary N) is 1. The fraction of sp³-hybridized carbons (Fsp3) is 0.152. The van der Waals surface area contributed by atoms with Gasteiger partial charge < -0.3 is 23.5 Å². The summed E-state index contributed by atoms with van der Waals surface area (Å²) < 4.78 is 24.1. The largest absolute Gasteiger partial charge is 0.519 e. The smallest absolute Gasteiger partial charge is 0.465 e. The van der Waals surface area contributed by atoms with Crippen molar-refractivity contribution in [1.82, 2.24) is 24.4 Å². The summed E-state index contributed by atoms with van der Waals surface area (Å²) in [7, 11) is 0. The molecule has 47 heavy (non-hydrogen) atoms. The Kier molecular flexibility index (Phi) is 8.64. The van der Waals surface area contributed by atoms with Crippen molar-refractivity contribution >= 4 is 28.9 Å². The van der Waals surface area contributed by atoms with Gasteiger partial charge in [-0.15, -0.1) is 0 Å². The van der Waals surface area contributed by atoms with Crippen molar-refractivity contribution in [2.45, 2.75) is 27.0 Å². The normalized spacial score (nSPS) is 11.5. The number of fused-ring (bicyclic) bond motifs is 1. The molecule has 0 unspecified atom stereocenters. The summed E-state index contributed by atoms with van der Waals surface area (Å²) in [5, 5.41) is 15.7. The minimum atomic E-state index is -0.871. The second kappa shape index (κ2) is 13.3. The fourth-order valence-electron chi connectivity index (χ4n) is 5.04. The summed E-state index contributed by atoms with van der Waals surface area (Å²) in [5.74, 6) is -1.19. The molecule has 3 heterocycles. The Hall–Kier alpha value is -6.44. The Balaban J connectivity index is 1.28. The van der Waals surface area contributed by atoms with E-state index in [1.807, 2.05) is 43.3 Å². The van der Waals surface area contributed by atoms with E-state index in [0.717, 1.165) is 16.7 Å². The summed E-state index contributed by atoms with van der Waals surface area (Å²) in [5.41, 5.74) is 4.19. The Labute approximate surface area is 266 Å². The van der Waals surface area contributed by atoms with Crippen LogP contribution < -0.4 is 15.9 Å². The number of oxime groups is 1. The molecule has 0 fully saturated rings. The summed E-state index contributed by atoms with van der Waals surface area (Å²) in [6, 6.07) is 19.7. The van der Waals surface area contributed by atoms with Crippen molar-refractivity contribution < 1.29 is 33.1 Å². The van der Waals surface area contributed by atoms with Crippen LogP contribution >= 0.6 is 0 Å². The van der Waals surface area contributed by atoms with Crippen LogP contribution in [0.4, 0.5) is 4.79 Å². The van der Waals surface area contributed by atoms with Gasteiger partial charge in [-0.3, -0.25) is 14.5 Å². The molecule has 0 radical (unpaired) electrons. The van der Waals surface area contributed by atoms with Crippen LogP contribution in [-0.4, -0.2) is 48.8 Å². The number of amidine groups is 1. The number of hydrogen-bond acceptors (Lipinski definition) is 11. The molecule has 0 spiro atoms. The predicted molar refractivity (Wildman–Crippen MR) is 167 cm³/mol. The molecule has 2 N–H and O–H groups in total. The number of carbonyl (C=O) groups excluding carboxylic acids is 2. The van der Waals surface area contributed by atoms with E-state index < -0.39 is 17.8 Å². The van der Waals surface area contributed by atoms with Gasteiger partial charge >= 0.3 is 17.8 Å². The number of carbonyl (C=O) groups is 2. The number of benzene rings is 3. The molecule has 3 aromatic heterocycles. The highest BCUT2D eigenvalue weighted by atomic mass is 16.6. The monoisotopic (exact) mass is 636 g/mol. The number of ether oxygens (including phenoxy) is 2. The van der Waals surface area contributed by atoms with Gasteiger partial charge in [0.25, 0.3) is 6.01 Å². The van der Waals surface area contributed by atoms with E-state index in [-0.39, 0.29) is 29.5 Å². The topological polar surface area (TPSA) is 176 Å². The quantitative estimate of drug-likeness (QED) is 0.0726. The highest BCUT2D eigenvalue weighted by Crippen LogP contribution is 2.29. The predicted octanol–water partition coefficient (Wildman–Crippen LogP) is 4.95. The standard InChI is InChI=1S/C33H28N6O8/c1-3-44-32-35-26-10-6-9-25(30(40)45-18-27-20(2)46-33(42)47-27)28(26)39(32)17-21-11-13-22(14-12-21)23-7-4-5-8-24(23)29(37-43)36-31(41)38-16-15-34-19-38/h4-16,19,43H,3,17-18H2,1-2H3,(H,36,37,41). The molecule has 6 aromatic rings. The van der Waals surface area contributed by atoms with Gasteiger partial charge in [0.2, 0.25) is 0 Å².